The van der Waals surface area contributed by atoms with Crippen molar-refractivity contribution in [2.45, 2.75) is 26.4 Å². The van der Waals surface area contributed by atoms with Crippen molar-refractivity contribution < 1.29 is 23.6 Å². The van der Waals surface area contributed by atoms with Gasteiger partial charge >= 0.3 is 12.0 Å². The summed E-state index contributed by atoms with van der Waals surface area (Å²) in [6.45, 7) is 3.16. The van der Waals surface area contributed by atoms with Crippen LogP contribution in [0.1, 0.15) is 18.1 Å². The molecule has 194 valence electrons. The third-order valence-electron chi connectivity index (χ3n) is 5.88. The van der Waals surface area contributed by atoms with Crippen molar-refractivity contribution in [3.05, 3.63) is 115 Å². The first-order chi connectivity index (χ1) is 18.6. The van der Waals surface area contributed by atoms with Crippen LogP contribution in [0.5, 0.6) is 5.75 Å². The third-order valence-corrected chi connectivity index (χ3v) is 5.88. The Labute approximate surface area is 223 Å². The van der Waals surface area contributed by atoms with Gasteiger partial charge in [0.2, 0.25) is 0 Å². The van der Waals surface area contributed by atoms with Crippen LogP contribution in [-0.2, 0) is 29.0 Å². The Morgan fingerprint density at radius 1 is 0.842 bits per heavy atom. The smallest absolute Gasteiger partial charge is 0.319 e. The Kier molecular flexibility index (Phi) is 9.45. The number of rotatable bonds is 11. The summed E-state index contributed by atoms with van der Waals surface area (Å²) in [5, 5.41) is 5.69. The largest absolute Gasteiger partial charge is 0.493 e. The molecule has 0 spiro atoms. The number of amides is 2. The molecule has 2 amide bonds. The zero-order valence-electron chi connectivity index (χ0n) is 21.4. The molecule has 38 heavy (non-hydrogen) atoms. The molecule has 0 fully saturated rings. The lowest BCUT2D eigenvalue weighted by Crippen LogP contribution is -2.37. The number of carbonyl (C=O) groups excluding carboxylic acids is 2. The maximum Gasteiger partial charge on any atom is 0.319 e. The first-order valence-electron chi connectivity index (χ1n) is 12.6. The highest BCUT2D eigenvalue weighted by atomic mass is 16.5. The Hall–Kier alpha value is -4.65. The zero-order chi connectivity index (χ0) is 26.6. The lowest BCUT2D eigenvalue weighted by molar-refractivity contribution is -0.698. The predicted octanol–water partition coefficient (Wildman–Crippen LogP) is 5.15. The van der Waals surface area contributed by atoms with E-state index in [1.54, 1.807) is 0 Å². The molecule has 1 heterocycles. The molecule has 1 aromatic heterocycles. The summed E-state index contributed by atoms with van der Waals surface area (Å²) in [6, 6.07) is 29.6. The van der Waals surface area contributed by atoms with E-state index in [1.165, 1.54) is 23.6 Å². The summed E-state index contributed by atoms with van der Waals surface area (Å²) in [5.74, 6) is 0.444. The predicted molar refractivity (Wildman–Crippen MR) is 147 cm³/mol. The van der Waals surface area contributed by atoms with Gasteiger partial charge in [0, 0.05) is 30.7 Å². The van der Waals surface area contributed by atoms with Crippen LogP contribution >= 0.6 is 0 Å². The molecular formula is C31H32N3O4+. The second-order valence-corrected chi connectivity index (χ2v) is 8.74. The fourth-order valence-corrected chi connectivity index (χ4v) is 4.02. The number of ether oxygens (including phenoxy) is 2. The van der Waals surface area contributed by atoms with E-state index in [0.29, 0.717) is 32.0 Å². The molecule has 7 heteroatoms. The summed E-state index contributed by atoms with van der Waals surface area (Å²) in [4.78, 5) is 23.3. The highest BCUT2D eigenvalue weighted by Gasteiger charge is 2.08. The topological polar surface area (TPSA) is 80.5 Å². The number of hydrogen-bond acceptors (Lipinski definition) is 4. The van der Waals surface area contributed by atoms with Gasteiger partial charge < -0.3 is 20.1 Å². The third kappa shape index (κ3) is 8.20. The number of carbonyl (C=O) groups is 2. The molecule has 4 aromatic rings. The highest BCUT2D eigenvalue weighted by molar-refractivity contribution is 5.89. The number of nitrogens with one attached hydrogen (secondary N) is 2. The Bertz CT molecular complexity index is 1340. The molecule has 7 nitrogen and oxygen atoms in total. The van der Waals surface area contributed by atoms with Gasteiger partial charge in [-0.05, 0) is 47.0 Å². The van der Waals surface area contributed by atoms with E-state index in [2.05, 4.69) is 47.0 Å². The standard InChI is InChI=1S/C31H31N3O4/c1-24(35)37-21-19-34-18-7-8-25(23-34)22-32-31(36)33-28-13-15-29(16-14-28)38-20-17-27-11-5-6-12-30(27)26-9-3-2-4-10-26/h2-16,18,23H,17,19-22H2,1H3,(H-,32,33,36)/p+1. The number of benzene rings is 3. The van der Waals surface area contributed by atoms with Crippen LogP contribution in [0.25, 0.3) is 11.1 Å². The first kappa shape index (κ1) is 26.4. The van der Waals surface area contributed by atoms with Gasteiger partial charge in [-0.3, -0.25) is 4.79 Å². The number of nitrogens with zero attached hydrogens (tertiary/aromatic N) is 1. The molecule has 0 unspecified atom stereocenters. The zero-order valence-corrected chi connectivity index (χ0v) is 21.4. The van der Waals surface area contributed by atoms with Crippen LogP contribution in [0.3, 0.4) is 0 Å². The number of urea groups is 1. The first-order valence-corrected chi connectivity index (χ1v) is 12.6. The second kappa shape index (κ2) is 13.6. The van der Waals surface area contributed by atoms with Crippen molar-refractivity contribution in [2.75, 3.05) is 18.5 Å². The van der Waals surface area contributed by atoms with Gasteiger partial charge in [-0.2, -0.15) is 0 Å². The fraction of sp³-hybridized carbons (Fsp3) is 0.194. The minimum absolute atomic E-state index is 0.300. The van der Waals surface area contributed by atoms with Crippen molar-refractivity contribution in [2.24, 2.45) is 0 Å². The van der Waals surface area contributed by atoms with Crippen molar-refractivity contribution in [3.8, 4) is 16.9 Å². The lowest BCUT2D eigenvalue weighted by Gasteiger charge is -2.12. The number of hydrogen-bond donors (Lipinski definition) is 2. The lowest BCUT2D eigenvalue weighted by atomic mass is 9.98. The molecule has 0 radical (unpaired) electrons. The number of anilines is 1. The normalized spacial score (nSPS) is 10.4. The van der Waals surface area contributed by atoms with Gasteiger partial charge in [0.15, 0.2) is 25.5 Å². The SMILES string of the molecule is CC(=O)OCC[n+]1cccc(CNC(=O)Nc2ccc(OCCc3ccccc3-c3ccccc3)cc2)c1. The molecule has 0 aliphatic rings. The Morgan fingerprint density at radius 3 is 2.39 bits per heavy atom. The van der Waals surface area contributed by atoms with Crippen molar-refractivity contribution >= 4 is 17.7 Å². The molecule has 2 N–H and O–H groups in total. The van der Waals surface area contributed by atoms with E-state index in [0.717, 1.165) is 17.7 Å². The molecule has 0 saturated carbocycles. The van der Waals surface area contributed by atoms with E-state index in [4.69, 9.17) is 9.47 Å². The van der Waals surface area contributed by atoms with Crippen molar-refractivity contribution in [3.63, 3.8) is 0 Å². The minimum atomic E-state index is -0.302. The molecular weight excluding hydrogens is 478 g/mol. The van der Waals surface area contributed by atoms with E-state index in [1.807, 2.05) is 71.6 Å². The number of esters is 1. The minimum Gasteiger partial charge on any atom is -0.493 e. The maximum absolute atomic E-state index is 12.4. The quantitative estimate of drug-likeness (QED) is 0.216. The number of pyridine rings is 1. The summed E-state index contributed by atoms with van der Waals surface area (Å²) >= 11 is 0. The molecule has 3 aromatic carbocycles. The monoisotopic (exact) mass is 510 g/mol. The summed E-state index contributed by atoms with van der Waals surface area (Å²) in [7, 11) is 0. The summed E-state index contributed by atoms with van der Waals surface area (Å²) < 4.78 is 12.8. The van der Waals surface area contributed by atoms with Crippen LogP contribution in [-0.4, -0.2) is 25.2 Å². The maximum atomic E-state index is 12.4. The highest BCUT2D eigenvalue weighted by Crippen LogP contribution is 2.24. The van der Waals surface area contributed by atoms with Crippen LogP contribution in [0, 0.1) is 0 Å². The van der Waals surface area contributed by atoms with Gasteiger partial charge in [-0.1, -0.05) is 54.6 Å². The average molecular weight is 511 g/mol. The van der Waals surface area contributed by atoms with Gasteiger partial charge in [0.1, 0.15) is 5.75 Å². The van der Waals surface area contributed by atoms with Gasteiger partial charge in [0.05, 0.1) is 13.2 Å². The van der Waals surface area contributed by atoms with E-state index in [9.17, 15) is 9.59 Å². The fourth-order valence-electron chi connectivity index (χ4n) is 4.02. The summed E-state index contributed by atoms with van der Waals surface area (Å²) in [5.41, 5.74) is 5.26. The van der Waals surface area contributed by atoms with E-state index < -0.39 is 0 Å². The van der Waals surface area contributed by atoms with Gasteiger partial charge in [-0.15, -0.1) is 0 Å². The molecule has 0 aliphatic heterocycles. The average Bonchev–Trinajstić information content (AvgIpc) is 2.94. The van der Waals surface area contributed by atoms with Crippen LogP contribution in [0.2, 0.25) is 0 Å². The Balaban J connectivity index is 1.22. The molecule has 0 atom stereocenters. The summed E-state index contributed by atoms with van der Waals surface area (Å²) in [6.07, 6.45) is 4.59. The van der Waals surface area contributed by atoms with Crippen molar-refractivity contribution in [1.82, 2.24) is 5.32 Å². The van der Waals surface area contributed by atoms with Crippen LogP contribution < -0.4 is 19.9 Å². The molecule has 0 aliphatic carbocycles. The van der Waals surface area contributed by atoms with Crippen molar-refractivity contribution in [1.29, 1.82) is 0 Å². The van der Waals surface area contributed by atoms with Crippen LogP contribution in [0.4, 0.5) is 10.5 Å². The number of aromatic nitrogens is 1. The van der Waals surface area contributed by atoms with E-state index in [-0.39, 0.29) is 12.0 Å². The second-order valence-electron chi connectivity index (χ2n) is 8.74. The van der Waals surface area contributed by atoms with Gasteiger partial charge in [-0.25, -0.2) is 9.36 Å². The van der Waals surface area contributed by atoms with Gasteiger partial charge in [0.25, 0.3) is 0 Å². The molecule has 0 saturated heterocycles. The molecule has 0 bridgehead atoms. The van der Waals surface area contributed by atoms with E-state index >= 15 is 0 Å². The molecule has 4 rings (SSSR count). The van der Waals surface area contributed by atoms with Crippen LogP contribution in [0.15, 0.2) is 103 Å². The Morgan fingerprint density at radius 2 is 1.61 bits per heavy atom.